The van der Waals surface area contributed by atoms with Gasteiger partial charge in [0.15, 0.2) is 0 Å². The van der Waals surface area contributed by atoms with Crippen LogP contribution in [0.25, 0.3) is 11.4 Å². The standard InChI is InChI=1S/C23H25BrN4O2/c1-15-8-9-16(2)20(11-15)25-23(29)18-6-4-10-28(13-18)14-21-26-22(27-30-21)17-5-3-7-19(24)12-17/h3,5,7-9,11-12,18H,4,6,10,13-14H2,1-2H3,(H,25,29). The third kappa shape index (κ3) is 4.96. The van der Waals surface area contributed by atoms with Crippen LogP contribution in [-0.2, 0) is 11.3 Å². The highest BCUT2D eigenvalue weighted by molar-refractivity contribution is 9.10. The Morgan fingerprint density at radius 2 is 2.13 bits per heavy atom. The molecular weight excluding hydrogens is 444 g/mol. The van der Waals surface area contributed by atoms with E-state index in [0.717, 1.165) is 46.2 Å². The van der Waals surface area contributed by atoms with Gasteiger partial charge in [-0.15, -0.1) is 0 Å². The van der Waals surface area contributed by atoms with Gasteiger partial charge < -0.3 is 9.84 Å². The van der Waals surface area contributed by atoms with Crippen molar-refractivity contribution in [3.05, 3.63) is 64.0 Å². The molecule has 30 heavy (non-hydrogen) atoms. The molecule has 7 heteroatoms. The number of anilines is 1. The van der Waals surface area contributed by atoms with Crippen molar-refractivity contribution in [3.8, 4) is 11.4 Å². The lowest BCUT2D eigenvalue weighted by atomic mass is 9.96. The summed E-state index contributed by atoms with van der Waals surface area (Å²) in [5, 5.41) is 7.22. The predicted octanol–water partition coefficient (Wildman–Crippen LogP) is 4.97. The molecule has 4 rings (SSSR count). The molecule has 6 nitrogen and oxygen atoms in total. The normalized spacial score (nSPS) is 17.1. The number of benzene rings is 2. The minimum Gasteiger partial charge on any atom is -0.338 e. The topological polar surface area (TPSA) is 71.3 Å². The van der Waals surface area contributed by atoms with E-state index in [0.29, 0.717) is 24.8 Å². The maximum atomic E-state index is 12.9. The number of carbonyl (C=O) groups excluding carboxylic acids is 1. The molecule has 1 aliphatic rings. The molecule has 0 radical (unpaired) electrons. The predicted molar refractivity (Wildman–Crippen MR) is 120 cm³/mol. The Kier molecular flexibility index (Phi) is 6.29. The van der Waals surface area contributed by atoms with Crippen molar-refractivity contribution in [2.75, 3.05) is 18.4 Å². The first kappa shape index (κ1) is 20.8. The van der Waals surface area contributed by atoms with Crippen LogP contribution in [0.2, 0.25) is 0 Å². The molecule has 0 saturated carbocycles. The molecule has 1 aliphatic heterocycles. The van der Waals surface area contributed by atoms with Crippen LogP contribution in [0.5, 0.6) is 0 Å². The highest BCUT2D eigenvalue weighted by Crippen LogP contribution is 2.24. The highest BCUT2D eigenvalue weighted by Gasteiger charge is 2.27. The SMILES string of the molecule is Cc1ccc(C)c(NC(=O)C2CCCN(Cc3nc(-c4cccc(Br)c4)no3)C2)c1. The summed E-state index contributed by atoms with van der Waals surface area (Å²) >= 11 is 3.47. The summed E-state index contributed by atoms with van der Waals surface area (Å²) < 4.78 is 6.44. The van der Waals surface area contributed by atoms with E-state index in [1.165, 1.54) is 0 Å². The number of nitrogens with zero attached hydrogens (tertiary/aromatic N) is 3. The number of aryl methyl sites for hydroxylation is 2. The van der Waals surface area contributed by atoms with Gasteiger partial charge >= 0.3 is 0 Å². The molecule has 1 amide bonds. The molecule has 1 fully saturated rings. The number of piperidine rings is 1. The van der Waals surface area contributed by atoms with Crippen molar-refractivity contribution in [1.29, 1.82) is 0 Å². The lowest BCUT2D eigenvalue weighted by Crippen LogP contribution is -2.40. The summed E-state index contributed by atoms with van der Waals surface area (Å²) in [6, 6.07) is 13.9. The Hall–Kier alpha value is -2.51. The second-order valence-electron chi connectivity index (χ2n) is 7.90. The van der Waals surface area contributed by atoms with Crippen LogP contribution in [0.1, 0.15) is 29.9 Å². The molecule has 156 valence electrons. The lowest BCUT2D eigenvalue weighted by Gasteiger charge is -2.31. The maximum absolute atomic E-state index is 12.9. The van der Waals surface area contributed by atoms with E-state index in [-0.39, 0.29) is 11.8 Å². The summed E-state index contributed by atoms with van der Waals surface area (Å²) in [4.78, 5) is 19.6. The van der Waals surface area contributed by atoms with Gasteiger partial charge in [-0.2, -0.15) is 4.98 Å². The number of hydrogen-bond donors (Lipinski definition) is 1. The fraction of sp³-hybridized carbons (Fsp3) is 0.348. The zero-order chi connectivity index (χ0) is 21.1. The number of nitrogens with one attached hydrogen (secondary N) is 1. The molecule has 0 spiro atoms. The number of rotatable bonds is 5. The first-order chi connectivity index (χ1) is 14.5. The number of halogens is 1. The van der Waals surface area contributed by atoms with Crippen molar-refractivity contribution in [3.63, 3.8) is 0 Å². The largest absolute Gasteiger partial charge is 0.338 e. The van der Waals surface area contributed by atoms with Crippen molar-refractivity contribution in [1.82, 2.24) is 15.0 Å². The molecular formula is C23H25BrN4O2. The number of amides is 1. The summed E-state index contributed by atoms with van der Waals surface area (Å²) in [7, 11) is 0. The summed E-state index contributed by atoms with van der Waals surface area (Å²) in [6.07, 6.45) is 1.86. The molecule has 1 N–H and O–H groups in total. The van der Waals surface area contributed by atoms with Crippen molar-refractivity contribution < 1.29 is 9.32 Å². The second-order valence-corrected chi connectivity index (χ2v) is 8.82. The number of hydrogen-bond acceptors (Lipinski definition) is 5. The van der Waals surface area contributed by atoms with Gasteiger partial charge in [0, 0.05) is 22.3 Å². The Bertz CT molecular complexity index is 1050. The van der Waals surface area contributed by atoms with E-state index in [1.807, 2.05) is 50.2 Å². The minimum absolute atomic E-state index is 0.0499. The van der Waals surface area contributed by atoms with Crippen LogP contribution in [0.3, 0.4) is 0 Å². The number of carbonyl (C=O) groups is 1. The molecule has 3 aromatic rings. The molecule has 2 aromatic carbocycles. The zero-order valence-electron chi connectivity index (χ0n) is 17.2. The molecule has 2 heterocycles. The van der Waals surface area contributed by atoms with Gasteiger partial charge in [0.05, 0.1) is 12.5 Å². The Balaban J connectivity index is 1.38. The quantitative estimate of drug-likeness (QED) is 0.572. The van der Waals surface area contributed by atoms with Gasteiger partial charge in [-0.25, -0.2) is 0 Å². The van der Waals surface area contributed by atoms with E-state index in [4.69, 9.17) is 4.52 Å². The van der Waals surface area contributed by atoms with Crippen LogP contribution in [0.15, 0.2) is 51.5 Å². The van der Waals surface area contributed by atoms with Crippen molar-refractivity contribution in [2.45, 2.75) is 33.2 Å². The van der Waals surface area contributed by atoms with E-state index in [1.54, 1.807) is 0 Å². The van der Waals surface area contributed by atoms with Crippen molar-refractivity contribution >= 4 is 27.5 Å². The molecule has 1 unspecified atom stereocenters. The van der Waals surface area contributed by atoms with Crippen LogP contribution in [-0.4, -0.2) is 34.0 Å². The third-order valence-electron chi connectivity index (χ3n) is 5.44. The van der Waals surface area contributed by atoms with Gasteiger partial charge in [-0.05, 0) is 62.6 Å². The van der Waals surface area contributed by atoms with E-state index >= 15 is 0 Å². The second kappa shape index (κ2) is 9.10. The Morgan fingerprint density at radius 1 is 1.27 bits per heavy atom. The summed E-state index contributed by atoms with van der Waals surface area (Å²) in [5.41, 5.74) is 4.02. The van der Waals surface area contributed by atoms with E-state index in [2.05, 4.69) is 42.4 Å². The smallest absolute Gasteiger partial charge is 0.241 e. The minimum atomic E-state index is -0.0499. The summed E-state index contributed by atoms with van der Waals surface area (Å²) in [6.45, 7) is 6.20. The first-order valence-corrected chi connectivity index (χ1v) is 11.0. The van der Waals surface area contributed by atoms with E-state index < -0.39 is 0 Å². The Morgan fingerprint density at radius 3 is 2.97 bits per heavy atom. The molecule has 1 aromatic heterocycles. The third-order valence-corrected chi connectivity index (χ3v) is 5.93. The molecule has 1 atom stereocenters. The van der Waals surface area contributed by atoms with Gasteiger partial charge in [0.25, 0.3) is 0 Å². The highest BCUT2D eigenvalue weighted by atomic mass is 79.9. The van der Waals surface area contributed by atoms with Crippen LogP contribution >= 0.6 is 15.9 Å². The first-order valence-electron chi connectivity index (χ1n) is 10.2. The van der Waals surface area contributed by atoms with Crippen LogP contribution in [0.4, 0.5) is 5.69 Å². The monoisotopic (exact) mass is 468 g/mol. The van der Waals surface area contributed by atoms with E-state index in [9.17, 15) is 4.79 Å². The van der Waals surface area contributed by atoms with Gasteiger partial charge in [-0.1, -0.05) is 45.4 Å². The molecule has 0 bridgehead atoms. The zero-order valence-corrected chi connectivity index (χ0v) is 18.8. The summed E-state index contributed by atoms with van der Waals surface area (Å²) in [5.74, 6) is 1.17. The average Bonchev–Trinajstić information content (AvgIpc) is 3.19. The number of aromatic nitrogens is 2. The van der Waals surface area contributed by atoms with Gasteiger partial charge in [-0.3, -0.25) is 9.69 Å². The fourth-order valence-electron chi connectivity index (χ4n) is 3.77. The number of likely N-dealkylation sites (tertiary alicyclic amines) is 1. The molecule has 0 aliphatic carbocycles. The van der Waals surface area contributed by atoms with Gasteiger partial charge in [0.2, 0.25) is 17.6 Å². The maximum Gasteiger partial charge on any atom is 0.241 e. The molecule has 1 saturated heterocycles. The van der Waals surface area contributed by atoms with Crippen molar-refractivity contribution in [2.24, 2.45) is 5.92 Å². The fourth-order valence-corrected chi connectivity index (χ4v) is 4.17. The van der Waals surface area contributed by atoms with Crippen LogP contribution < -0.4 is 5.32 Å². The van der Waals surface area contributed by atoms with Gasteiger partial charge in [0.1, 0.15) is 0 Å². The average molecular weight is 469 g/mol. The van der Waals surface area contributed by atoms with Crippen LogP contribution in [0, 0.1) is 19.8 Å². The lowest BCUT2D eigenvalue weighted by molar-refractivity contribution is -0.121. The Labute approximate surface area is 184 Å².